The molecule has 2 N–H and O–H groups in total. The summed E-state index contributed by atoms with van der Waals surface area (Å²) < 4.78 is 14.2. The van der Waals surface area contributed by atoms with Crippen molar-refractivity contribution < 1.29 is 14.0 Å². The van der Waals surface area contributed by atoms with Gasteiger partial charge in [0.05, 0.1) is 5.92 Å². The molecule has 1 atom stereocenters. The second kappa shape index (κ2) is 6.17. The Morgan fingerprint density at radius 1 is 1.45 bits per heavy atom. The maximum atomic E-state index is 13.5. The number of rotatable bonds is 3. The quantitative estimate of drug-likeness (QED) is 0.854. The normalized spacial score (nSPS) is 18.7. The maximum Gasteiger partial charge on any atom is 0.246 e. The molecule has 1 fully saturated rings. The number of carbonyl (C=O) groups excluding carboxylic acids is 2. The van der Waals surface area contributed by atoms with Crippen LogP contribution in [0.4, 0.5) is 4.39 Å². The Balaban J connectivity index is 2.03. The number of amides is 2. The lowest BCUT2D eigenvalue weighted by Crippen LogP contribution is -2.30. The molecule has 0 bridgehead atoms. The van der Waals surface area contributed by atoms with E-state index in [1.54, 1.807) is 17.0 Å². The minimum Gasteiger partial charge on any atom is -0.369 e. The molecule has 20 heavy (non-hydrogen) atoms. The number of hydrogen-bond acceptors (Lipinski definition) is 2. The Bertz CT molecular complexity index is 574. The van der Waals surface area contributed by atoms with Crippen molar-refractivity contribution in [2.24, 2.45) is 11.7 Å². The SMILES string of the molecule is NC(=O)C1CCN(C(=O)C=Cc2cc(Br)ccc2F)C1. The molecule has 6 heteroatoms. The zero-order valence-electron chi connectivity index (χ0n) is 10.7. The summed E-state index contributed by atoms with van der Waals surface area (Å²) in [6.07, 6.45) is 3.33. The zero-order chi connectivity index (χ0) is 14.7. The Hall–Kier alpha value is -1.69. The summed E-state index contributed by atoms with van der Waals surface area (Å²) in [5, 5.41) is 0. The van der Waals surface area contributed by atoms with Crippen molar-refractivity contribution in [2.75, 3.05) is 13.1 Å². The topological polar surface area (TPSA) is 63.4 Å². The fourth-order valence-corrected chi connectivity index (χ4v) is 2.48. The number of nitrogens with two attached hydrogens (primary N) is 1. The Kier molecular flexibility index (Phi) is 4.54. The van der Waals surface area contributed by atoms with Gasteiger partial charge in [-0.15, -0.1) is 0 Å². The van der Waals surface area contributed by atoms with Crippen LogP contribution in [0.2, 0.25) is 0 Å². The minimum atomic E-state index is -0.395. The van der Waals surface area contributed by atoms with Gasteiger partial charge in [0.1, 0.15) is 5.82 Å². The van der Waals surface area contributed by atoms with Gasteiger partial charge < -0.3 is 10.6 Å². The van der Waals surface area contributed by atoms with Gasteiger partial charge >= 0.3 is 0 Å². The Labute approximate surface area is 124 Å². The van der Waals surface area contributed by atoms with E-state index >= 15 is 0 Å². The number of likely N-dealkylation sites (tertiary alicyclic amines) is 1. The molecule has 1 heterocycles. The van der Waals surface area contributed by atoms with Gasteiger partial charge in [-0.3, -0.25) is 9.59 Å². The highest BCUT2D eigenvalue weighted by atomic mass is 79.9. The molecular weight excluding hydrogens is 327 g/mol. The van der Waals surface area contributed by atoms with Gasteiger partial charge in [-0.05, 0) is 30.7 Å². The van der Waals surface area contributed by atoms with E-state index in [2.05, 4.69) is 15.9 Å². The lowest BCUT2D eigenvalue weighted by molar-refractivity contribution is -0.125. The number of halogens is 2. The first-order valence-electron chi connectivity index (χ1n) is 6.18. The van der Waals surface area contributed by atoms with Crippen molar-refractivity contribution in [1.82, 2.24) is 4.90 Å². The summed E-state index contributed by atoms with van der Waals surface area (Å²) in [6.45, 7) is 0.831. The molecule has 0 saturated carbocycles. The summed E-state index contributed by atoms with van der Waals surface area (Å²) in [5.41, 5.74) is 5.54. The van der Waals surface area contributed by atoms with E-state index < -0.39 is 5.82 Å². The summed E-state index contributed by atoms with van der Waals surface area (Å²) in [5.74, 6) is -1.31. The van der Waals surface area contributed by atoms with Gasteiger partial charge in [0, 0.05) is 29.2 Å². The van der Waals surface area contributed by atoms with Gasteiger partial charge in [-0.2, -0.15) is 0 Å². The Morgan fingerprint density at radius 3 is 2.85 bits per heavy atom. The van der Waals surface area contributed by atoms with E-state index in [0.717, 1.165) is 4.47 Å². The van der Waals surface area contributed by atoms with Crippen LogP contribution in [0.1, 0.15) is 12.0 Å². The third-order valence-corrected chi connectivity index (χ3v) is 3.76. The monoisotopic (exact) mass is 340 g/mol. The number of primary amides is 1. The van der Waals surface area contributed by atoms with Crippen LogP contribution in [0.5, 0.6) is 0 Å². The number of benzene rings is 1. The van der Waals surface area contributed by atoms with E-state index in [1.807, 2.05) is 0 Å². The van der Waals surface area contributed by atoms with Gasteiger partial charge in [0.2, 0.25) is 11.8 Å². The molecular formula is C14H14BrFN2O2. The van der Waals surface area contributed by atoms with Crippen molar-refractivity contribution in [3.8, 4) is 0 Å². The first kappa shape index (κ1) is 14.7. The molecule has 0 spiro atoms. The Morgan fingerprint density at radius 2 is 2.20 bits per heavy atom. The van der Waals surface area contributed by atoms with Crippen LogP contribution in [-0.2, 0) is 9.59 Å². The lowest BCUT2D eigenvalue weighted by Gasteiger charge is -2.13. The second-order valence-electron chi connectivity index (χ2n) is 4.67. The molecule has 2 amide bonds. The van der Waals surface area contributed by atoms with E-state index in [1.165, 1.54) is 18.2 Å². The van der Waals surface area contributed by atoms with Gasteiger partial charge in [-0.1, -0.05) is 15.9 Å². The third-order valence-electron chi connectivity index (χ3n) is 3.27. The van der Waals surface area contributed by atoms with Crippen molar-refractivity contribution in [3.05, 3.63) is 40.1 Å². The average molecular weight is 341 g/mol. The first-order valence-corrected chi connectivity index (χ1v) is 6.98. The van der Waals surface area contributed by atoms with Crippen molar-refractivity contribution in [3.63, 3.8) is 0 Å². The third kappa shape index (κ3) is 3.45. The van der Waals surface area contributed by atoms with Crippen LogP contribution >= 0.6 is 15.9 Å². The van der Waals surface area contributed by atoms with Crippen molar-refractivity contribution >= 4 is 33.8 Å². The van der Waals surface area contributed by atoms with E-state index in [4.69, 9.17) is 5.73 Å². The molecule has 1 aliphatic rings. The molecule has 1 aromatic rings. The fourth-order valence-electron chi connectivity index (χ4n) is 2.10. The molecule has 1 unspecified atom stereocenters. The standard InChI is InChI=1S/C14H14BrFN2O2/c15-11-2-3-12(16)9(7-11)1-4-13(19)18-6-5-10(8-18)14(17)20/h1-4,7,10H,5-6,8H2,(H2,17,20). The molecule has 4 nitrogen and oxygen atoms in total. The molecule has 106 valence electrons. The van der Waals surface area contributed by atoms with E-state index in [-0.39, 0.29) is 17.7 Å². The van der Waals surface area contributed by atoms with Gasteiger partial charge in [0.25, 0.3) is 0 Å². The average Bonchev–Trinajstić information content (AvgIpc) is 2.89. The zero-order valence-corrected chi connectivity index (χ0v) is 12.3. The number of hydrogen-bond donors (Lipinski definition) is 1. The predicted octanol–water partition coefficient (Wildman–Crippen LogP) is 1.94. The molecule has 2 rings (SSSR count). The van der Waals surface area contributed by atoms with Crippen LogP contribution in [-0.4, -0.2) is 29.8 Å². The predicted molar refractivity (Wildman–Crippen MR) is 77.0 cm³/mol. The molecule has 1 aliphatic heterocycles. The van der Waals surface area contributed by atoms with E-state index in [9.17, 15) is 14.0 Å². The molecule has 0 radical (unpaired) electrons. The molecule has 1 aromatic carbocycles. The first-order chi connectivity index (χ1) is 9.47. The van der Waals surface area contributed by atoms with Crippen LogP contribution in [0.15, 0.2) is 28.7 Å². The second-order valence-corrected chi connectivity index (χ2v) is 5.59. The smallest absolute Gasteiger partial charge is 0.246 e. The van der Waals surface area contributed by atoms with Crippen molar-refractivity contribution in [2.45, 2.75) is 6.42 Å². The highest BCUT2D eigenvalue weighted by molar-refractivity contribution is 9.10. The minimum absolute atomic E-state index is 0.242. The maximum absolute atomic E-state index is 13.5. The van der Waals surface area contributed by atoms with E-state index in [0.29, 0.717) is 25.1 Å². The number of carbonyl (C=O) groups is 2. The summed E-state index contributed by atoms with van der Waals surface area (Å²) >= 11 is 3.25. The summed E-state index contributed by atoms with van der Waals surface area (Å²) in [7, 11) is 0. The van der Waals surface area contributed by atoms with Crippen LogP contribution in [0, 0.1) is 11.7 Å². The van der Waals surface area contributed by atoms with Crippen molar-refractivity contribution in [1.29, 1.82) is 0 Å². The lowest BCUT2D eigenvalue weighted by atomic mass is 10.1. The van der Waals surface area contributed by atoms with Gasteiger partial charge in [0.15, 0.2) is 0 Å². The largest absolute Gasteiger partial charge is 0.369 e. The molecule has 0 aliphatic carbocycles. The highest BCUT2D eigenvalue weighted by Gasteiger charge is 2.28. The molecule has 1 saturated heterocycles. The number of nitrogens with zero attached hydrogens (tertiary/aromatic N) is 1. The summed E-state index contributed by atoms with van der Waals surface area (Å²) in [6, 6.07) is 4.51. The van der Waals surface area contributed by atoms with Gasteiger partial charge in [-0.25, -0.2) is 4.39 Å². The highest BCUT2D eigenvalue weighted by Crippen LogP contribution is 2.18. The van der Waals surface area contributed by atoms with Crippen LogP contribution in [0.3, 0.4) is 0 Å². The molecule has 0 aromatic heterocycles. The summed E-state index contributed by atoms with van der Waals surface area (Å²) in [4.78, 5) is 24.5. The van der Waals surface area contributed by atoms with Crippen LogP contribution in [0.25, 0.3) is 6.08 Å². The van der Waals surface area contributed by atoms with Crippen LogP contribution < -0.4 is 5.73 Å². The fraction of sp³-hybridized carbons (Fsp3) is 0.286.